The van der Waals surface area contributed by atoms with E-state index in [0.717, 1.165) is 12.8 Å². The van der Waals surface area contributed by atoms with Gasteiger partial charge in [-0.1, -0.05) is 26.8 Å². The van der Waals surface area contributed by atoms with Gasteiger partial charge in [0.1, 0.15) is 11.6 Å². The fraction of sp³-hybridized carbons (Fsp3) is 0.600. The predicted octanol–water partition coefficient (Wildman–Crippen LogP) is 3.91. The van der Waals surface area contributed by atoms with Gasteiger partial charge in [0.05, 0.1) is 7.11 Å². The smallest absolute Gasteiger partial charge is 0.131 e. The lowest BCUT2D eigenvalue weighted by Crippen LogP contribution is -2.16. The van der Waals surface area contributed by atoms with E-state index < -0.39 is 0 Å². The number of benzene rings is 1. The first-order valence-electron chi connectivity index (χ1n) is 6.53. The van der Waals surface area contributed by atoms with Crippen molar-refractivity contribution in [1.82, 2.24) is 0 Å². The summed E-state index contributed by atoms with van der Waals surface area (Å²) in [7, 11) is 1.53. The first-order chi connectivity index (χ1) is 8.43. The Labute approximate surface area is 109 Å². The van der Waals surface area contributed by atoms with Crippen LogP contribution in [0, 0.1) is 17.7 Å². The van der Waals surface area contributed by atoms with Gasteiger partial charge in [0.15, 0.2) is 0 Å². The quantitative estimate of drug-likeness (QED) is 0.834. The van der Waals surface area contributed by atoms with Gasteiger partial charge < -0.3 is 10.5 Å². The van der Waals surface area contributed by atoms with Crippen LogP contribution >= 0.6 is 0 Å². The number of hydrogen-bond donors (Lipinski definition) is 1. The molecule has 1 aromatic rings. The summed E-state index contributed by atoms with van der Waals surface area (Å²) in [6.07, 6.45) is 1.92. The van der Waals surface area contributed by atoms with E-state index >= 15 is 0 Å². The van der Waals surface area contributed by atoms with Crippen LogP contribution in [0.4, 0.5) is 4.39 Å². The molecular formula is C15H24FNO. The van der Waals surface area contributed by atoms with Crippen LogP contribution in [0.3, 0.4) is 0 Å². The highest BCUT2D eigenvalue weighted by Crippen LogP contribution is 2.27. The van der Waals surface area contributed by atoms with Crippen molar-refractivity contribution in [2.75, 3.05) is 7.11 Å². The number of hydrogen-bond acceptors (Lipinski definition) is 2. The Morgan fingerprint density at radius 3 is 2.39 bits per heavy atom. The summed E-state index contributed by atoms with van der Waals surface area (Å²) in [5.74, 6) is 1.40. The van der Waals surface area contributed by atoms with Crippen LogP contribution in [0.5, 0.6) is 5.75 Å². The molecule has 2 nitrogen and oxygen atoms in total. The molecule has 0 heterocycles. The maximum atomic E-state index is 13.8. The summed E-state index contributed by atoms with van der Waals surface area (Å²) >= 11 is 0. The lowest BCUT2D eigenvalue weighted by molar-refractivity contribution is 0.381. The molecule has 18 heavy (non-hydrogen) atoms. The minimum atomic E-state index is -0.279. The van der Waals surface area contributed by atoms with Gasteiger partial charge in [-0.25, -0.2) is 4.39 Å². The molecule has 0 aliphatic heterocycles. The molecule has 2 N–H and O–H groups in total. The largest absolute Gasteiger partial charge is 0.497 e. The molecule has 0 amide bonds. The van der Waals surface area contributed by atoms with E-state index in [4.69, 9.17) is 10.5 Å². The van der Waals surface area contributed by atoms with Gasteiger partial charge in [0.2, 0.25) is 0 Å². The average Bonchev–Trinajstić information content (AvgIpc) is 2.27. The Morgan fingerprint density at radius 2 is 1.89 bits per heavy atom. The van der Waals surface area contributed by atoms with Gasteiger partial charge in [-0.3, -0.25) is 0 Å². The molecule has 2 unspecified atom stereocenters. The number of nitrogens with two attached hydrogens (primary N) is 1. The van der Waals surface area contributed by atoms with E-state index in [1.807, 2.05) is 0 Å². The Hall–Kier alpha value is -1.09. The molecule has 2 atom stereocenters. The summed E-state index contributed by atoms with van der Waals surface area (Å²) in [4.78, 5) is 0. The summed E-state index contributed by atoms with van der Waals surface area (Å²) in [5, 5.41) is 0. The van der Waals surface area contributed by atoms with Crippen LogP contribution in [0.15, 0.2) is 18.2 Å². The van der Waals surface area contributed by atoms with Crippen LogP contribution in [0.1, 0.15) is 45.2 Å². The Balaban J connectivity index is 2.69. The van der Waals surface area contributed by atoms with Crippen molar-refractivity contribution in [2.45, 2.75) is 39.7 Å². The van der Waals surface area contributed by atoms with Gasteiger partial charge >= 0.3 is 0 Å². The minimum absolute atomic E-state index is 0.246. The highest BCUT2D eigenvalue weighted by Gasteiger charge is 2.16. The van der Waals surface area contributed by atoms with Crippen molar-refractivity contribution < 1.29 is 9.13 Å². The molecule has 0 spiro atoms. The molecular weight excluding hydrogens is 229 g/mol. The number of halogens is 1. The van der Waals surface area contributed by atoms with E-state index in [-0.39, 0.29) is 11.9 Å². The third-order valence-corrected chi connectivity index (χ3v) is 3.14. The van der Waals surface area contributed by atoms with Crippen molar-refractivity contribution in [1.29, 1.82) is 0 Å². The van der Waals surface area contributed by atoms with E-state index in [0.29, 0.717) is 23.1 Å². The number of methoxy groups -OCH3 is 1. The molecule has 0 bridgehead atoms. The highest BCUT2D eigenvalue weighted by atomic mass is 19.1. The molecule has 0 aliphatic rings. The molecule has 0 fully saturated rings. The predicted molar refractivity (Wildman–Crippen MR) is 73.1 cm³/mol. The van der Waals surface area contributed by atoms with Crippen molar-refractivity contribution >= 4 is 0 Å². The summed E-state index contributed by atoms with van der Waals surface area (Å²) in [6, 6.07) is 4.62. The first-order valence-corrected chi connectivity index (χ1v) is 6.53. The van der Waals surface area contributed by atoms with E-state index in [2.05, 4.69) is 20.8 Å². The van der Waals surface area contributed by atoms with Crippen molar-refractivity contribution in [2.24, 2.45) is 17.6 Å². The lowest BCUT2D eigenvalue weighted by atomic mass is 9.90. The average molecular weight is 253 g/mol. The van der Waals surface area contributed by atoms with E-state index in [1.165, 1.54) is 13.2 Å². The summed E-state index contributed by atoms with van der Waals surface area (Å²) < 4.78 is 18.8. The van der Waals surface area contributed by atoms with E-state index in [9.17, 15) is 4.39 Å². The Bertz CT molecular complexity index is 379. The molecule has 1 rings (SSSR count). The zero-order chi connectivity index (χ0) is 13.7. The lowest BCUT2D eigenvalue weighted by Gasteiger charge is -2.19. The number of ether oxygens (including phenoxy) is 1. The van der Waals surface area contributed by atoms with Crippen LogP contribution in [-0.4, -0.2) is 7.11 Å². The Morgan fingerprint density at radius 1 is 1.22 bits per heavy atom. The van der Waals surface area contributed by atoms with Crippen LogP contribution in [-0.2, 0) is 0 Å². The van der Waals surface area contributed by atoms with Gasteiger partial charge in [0.25, 0.3) is 0 Å². The maximum absolute atomic E-state index is 13.8. The zero-order valence-electron chi connectivity index (χ0n) is 11.7. The molecule has 0 aliphatic carbocycles. The molecule has 102 valence electrons. The third-order valence-electron chi connectivity index (χ3n) is 3.14. The SMILES string of the molecule is COc1ccc(C(N)CC(C)CC(C)C)c(F)c1. The van der Waals surface area contributed by atoms with Crippen LogP contribution in [0.2, 0.25) is 0 Å². The Kier molecular flexibility index (Phi) is 5.60. The molecule has 3 heteroatoms. The van der Waals surface area contributed by atoms with Crippen molar-refractivity contribution in [3.05, 3.63) is 29.6 Å². The second kappa shape index (κ2) is 6.74. The second-order valence-electron chi connectivity index (χ2n) is 5.46. The standard InChI is InChI=1S/C15H24FNO/c1-10(2)7-11(3)8-15(17)13-6-5-12(18-4)9-14(13)16/h5-6,9-11,15H,7-8,17H2,1-4H3. The van der Waals surface area contributed by atoms with Gasteiger partial charge in [-0.15, -0.1) is 0 Å². The molecule has 0 radical (unpaired) electrons. The topological polar surface area (TPSA) is 35.2 Å². The minimum Gasteiger partial charge on any atom is -0.497 e. The van der Waals surface area contributed by atoms with Crippen LogP contribution in [0.25, 0.3) is 0 Å². The monoisotopic (exact) mass is 253 g/mol. The molecule has 0 aromatic heterocycles. The first kappa shape index (κ1) is 15.0. The maximum Gasteiger partial charge on any atom is 0.131 e. The van der Waals surface area contributed by atoms with Crippen molar-refractivity contribution in [3.8, 4) is 5.75 Å². The summed E-state index contributed by atoms with van der Waals surface area (Å²) in [5.41, 5.74) is 6.66. The molecule has 1 aromatic carbocycles. The third kappa shape index (κ3) is 4.30. The van der Waals surface area contributed by atoms with Gasteiger partial charge in [-0.2, -0.15) is 0 Å². The van der Waals surface area contributed by atoms with Gasteiger partial charge in [-0.05, 0) is 30.7 Å². The second-order valence-corrected chi connectivity index (χ2v) is 5.46. The molecule has 0 saturated carbocycles. The van der Waals surface area contributed by atoms with Crippen LogP contribution < -0.4 is 10.5 Å². The van der Waals surface area contributed by atoms with Gasteiger partial charge in [0, 0.05) is 17.7 Å². The fourth-order valence-corrected chi connectivity index (χ4v) is 2.40. The van der Waals surface area contributed by atoms with E-state index in [1.54, 1.807) is 12.1 Å². The highest BCUT2D eigenvalue weighted by molar-refractivity contribution is 5.30. The zero-order valence-corrected chi connectivity index (χ0v) is 11.7. The normalized spacial score (nSPS) is 14.6. The molecule has 0 saturated heterocycles. The fourth-order valence-electron chi connectivity index (χ4n) is 2.40. The summed E-state index contributed by atoms with van der Waals surface area (Å²) in [6.45, 7) is 6.55. The number of rotatable bonds is 6. The van der Waals surface area contributed by atoms with Crippen molar-refractivity contribution in [3.63, 3.8) is 0 Å².